The molecule has 0 aromatic heterocycles. The zero-order valence-corrected chi connectivity index (χ0v) is 3.47. The van der Waals surface area contributed by atoms with Crippen LogP contribution >= 0.6 is 0 Å². The number of hydrogen-bond donors (Lipinski definition) is 1. The number of carbonyl (C=O) groups excluding carboxylic acids is 1. The van der Waals surface area contributed by atoms with Crippen LogP contribution in [0.3, 0.4) is 0 Å². The van der Waals surface area contributed by atoms with Crippen molar-refractivity contribution in [3.63, 3.8) is 0 Å². The first-order valence-corrected chi connectivity index (χ1v) is 1.77. The Morgan fingerprint density at radius 2 is 2.43 bits per heavy atom. The molecule has 0 unspecified atom stereocenters. The fraction of sp³-hybridized carbons (Fsp3) is 0. The molecule has 0 fully saturated rings. The first-order valence-electron chi connectivity index (χ1n) is 1.77. The minimum Gasteiger partial charge on any atom is -0.444 e. The maximum Gasteiger partial charge on any atom is 0.260 e. The van der Waals surface area contributed by atoms with Gasteiger partial charge >= 0.3 is 0 Å². The van der Waals surface area contributed by atoms with Gasteiger partial charge < -0.3 is 4.74 Å². The fourth-order valence-electron chi connectivity index (χ4n) is 0.298. The van der Waals surface area contributed by atoms with E-state index in [9.17, 15) is 4.79 Å². The summed E-state index contributed by atoms with van der Waals surface area (Å²) < 4.78 is 4.32. The van der Waals surface area contributed by atoms with E-state index < -0.39 is 0 Å². The molecule has 0 atom stereocenters. The van der Waals surface area contributed by atoms with Gasteiger partial charge in [0.15, 0.2) is 0 Å². The zero-order valence-electron chi connectivity index (χ0n) is 3.47. The van der Waals surface area contributed by atoms with Crippen LogP contribution in [-0.4, -0.2) is 11.7 Å². The van der Waals surface area contributed by atoms with Crippen molar-refractivity contribution in [2.75, 3.05) is 0 Å². The third-order valence-electron chi connectivity index (χ3n) is 0.629. The van der Waals surface area contributed by atoms with Crippen molar-refractivity contribution in [2.45, 2.75) is 0 Å². The predicted molar refractivity (Wildman–Crippen MR) is 23.0 cm³/mol. The highest BCUT2D eigenvalue weighted by Crippen LogP contribution is 1.93. The molecule has 3 nitrogen and oxygen atoms in total. The van der Waals surface area contributed by atoms with Gasteiger partial charge in [0.05, 0.1) is 6.26 Å². The van der Waals surface area contributed by atoms with E-state index >= 15 is 0 Å². The molecule has 3 heteroatoms. The van der Waals surface area contributed by atoms with Crippen LogP contribution in [0.5, 0.6) is 0 Å². The van der Waals surface area contributed by atoms with E-state index in [0.717, 1.165) is 0 Å². The number of carbonyl (C=O) groups is 1. The Labute approximate surface area is 40.1 Å². The van der Waals surface area contributed by atoms with E-state index in [-0.39, 0.29) is 11.7 Å². The molecule has 0 aromatic carbocycles. The summed E-state index contributed by atoms with van der Waals surface area (Å²) in [7, 11) is 0. The number of hydrogen-bond acceptors (Lipinski definition) is 3. The minimum atomic E-state index is -0.361. The third-order valence-corrected chi connectivity index (χ3v) is 0.629. The van der Waals surface area contributed by atoms with Crippen molar-refractivity contribution < 1.29 is 9.53 Å². The lowest BCUT2D eigenvalue weighted by Crippen LogP contribution is -2.03. The molecule has 0 saturated carbocycles. The van der Waals surface area contributed by atoms with Crippen LogP contribution < -0.4 is 0 Å². The molecule has 0 amide bonds. The van der Waals surface area contributed by atoms with E-state index in [1.54, 1.807) is 0 Å². The number of rotatable bonds is 0. The molecule has 1 rings (SSSR count). The zero-order chi connectivity index (χ0) is 5.28. The number of nitrogens with one attached hydrogen (secondary N) is 1. The van der Waals surface area contributed by atoms with E-state index in [1.165, 1.54) is 12.3 Å². The smallest absolute Gasteiger partial charge is 0.260 e. The van der Waals surface area contributed by atoms with Crippen molar-refractivity contribution >= 4 is 11.7 Å². The van der Waals surface area contributed by atoms with Gasteiger partial charge in [0.25, 0.3) is 5.90 Å². The molecule has 1 aliphatic heterocycles. The van der Waals surface area contributed by atoms with Gasteiger partial charge in [-0.05, 0) is 0 Å². The van der Waals surface area contributed by atoms with Gasteiger partial charge in [0.2, 0.25) is 5.78 Å². The van der Waals surface area contributed by atoms with Crippen molar-refractivity contribution in [1.29, 1.82) is 5.41 Å². The Kier molecular flexibility index (Phi) is 0.685. The number of ketones is 1. The molecule has 0 bridgehead atoms. The average molecular weight is 97.1 g/mol. The van der Waals surface area contributed by atoms with Crippen LogP contribution in [0.15, 0.2) is 12.3 Å². The SMILES string of the molecule is N=C1OC=CC1=O. The molecule has 0 spiro atoms. The van der Waals surface area contributed by atoms with Gasteiger partial charge in [-0.1, -0.05) is 0 Å². The molecule has 36 valence electrons. The molecular formula is C4H3NO2. The highest BCUT2D eigenvalue weighted by molar-refractivity contribution is 6.41. The lowest BCUT2D eigenvalue weighted by Gasteiger charge is -1.82. The van der Waals surface area contributed by atoms with Gasteiger partial charge in [-0.15, -0.1) is 0 Å². The number of ether oxygens (including phenoxy) is 1. The maximum atomic E-state index is 10.1. The van der Waals surface area contributed by atoms with Gasteiger partial charge in [-0.2, -0.15) is 0 Å². The van der Waals surface area contributed by atoms with Gasteiger partial charge in [-0.25, -0.2) is 0 Å². The van der Waals surface area contributed by atoms with Crippen LogP contribution in [0.25, 0.3) is 0 Å². The second kappa shape index (κ2) is 1.18. The Balaban J connectivity index is 2.81. The first kappa shape index (κ1) is 4.05. The maximum absolute atomic E-state index is 10.1. The predicted octanol–water partition coefficient (Wildman–Crippen LogP) is 0.0767. The monoisotopic (exact) mass is 97.0 g/mol. The Morgan fingerprint density at radius 3 is 2.57 bits per heavy atom. The molecule has 1 aliphatic rings. The Morgan fingerprint density at radius 1 is 1.71 bits per heavy atom. The summed E-state index contributed by atoms with van der Waals surface area (Å²) in [5, 5.41) is 6.62. The summed E-state index contributed by atoms with van der Waals surface area (Å²) in [6.07, 6.45) is 2.41. The van der Waals surface area contributed by atoms with Gasteiger partial charge in [0, 0.05) is 6.08 Å². The third kappa shape index (κ3) is 0.513. The van der Waals surface area contributed by atoms with Gasteiger partial charge in [0.1, 0.15) is 0 Å². The van der Waals surface area contributed by atoms with Crippen LogP contribution in [0.2, 0.25) is 0 Å². The lowest BCUT2D eigenvalue weighted by molar-refractivity contribution is -0.109. The molecular weight excluding hydrogens is 94.0 g/mol. The van der Waals surface area contributed by atoms with E-state index in [4.69, 9.17) is 5.41 Å². The molecule has 0 aliphatic carbocycles. The largest absolute Gasteiger partial charge is 0.444 e. The van der Waals surface area contributed by atoms with Crippen LogP contribution in [0.1, 0.15) is 0 Å². The van der Waals surface area contributed by atoms with Crippen LogP contribution in [0, 0.1) is 5.41 Å². The van der Waals surface area contributed by atoms with E-state index in [0.29, 0.717) is 0 Å². The topological polar surface area (TPSA) is 50.1 Å². The van der Waals surface area contributed by atoms with Crippen molar-refractivity contribution in [2.24, 2.45) is 0 Å². The summed E-state index contributed by atoms with van der Waals surface area (Å²) >= 11 is 0. The molecule has 7 heavy (non-hydrogen) atoms. The second-order valence-electron chi connectivity index (χ2n) is 1.11. The second-order valence-corrected chi connectivity index (χ2v) is 1.11. The summed E-state index contributed by atoms with van der Waals surface area (Å²) in [6.45, 7) is 0. The average Bonchev–Trinajstić information content (AvgIpc) is 1.91. The quantitative estimate of drug-likeness (QED) is 0.465. The molecule has 1 N–H and O–H groups in total. The van der Waals surface area contributed by atoms with Gasteiger partial charge in [-0.3, -0.25) is 10.2 Å². The highest BCUT2D eigenvalue weighted by Gasteiger charge is 2.10. The minimum absolute atomic E-state index is 0.292. The highest BCUT2D eigenvalue weighted by atomic mass is 16.5. The fourth-order valence-corrected chi connectivity index (χ4v) is 0.298. The summed E-state index contributed by atoms with van der Waals surface area (Å²) in [4.78, 5) is 10.1. The van der Waals surface area contributed by atoms with Crippen LogP contribution in [-0.2, 0) is 9.53 Å². The molecule has 0 saturated heterocycles. The summed E-state index contributed by atoms with van der Waals surface area (Å²) in [6, 6.07) is 0. The van der Waals surface area contributed by atoms with Crippen molar-refractivity contribution in [3.05, 3.63) is 12.3 Å². The summed E-state index contributed by atoms with van der Waals surface area (Å²) in [5.41, 5.74) is 0. The first-order chi connectivity index (χ1) is 3.30. The standard InChI is InChI=1S/C4H3NO2/c5-4-3(6)1-2-7-4/h1-2,5H. The normalized spacial score (nSPS) is 17.7. The Hall–Kier alpha value is -1.12. The summed E-state index contributed by atoms with van der Waals surface area (Å²) in [5.74, 6) is -0.653. The van der Waals surface area contributed by atoms with Crippen molar-refractivity contribution in [1.82, 2.24) is 0 Å². The van der Waals surface area contributed by atoms with E-state index in [2.05, 4.69) is 4.74 Å². The Bertz CT molecular complexity index is 148. The lowest BCUT2D eigenvalue weighted by atomic mass is 10.4. The molecule has 0 radical (unpaired) electrons. The molecule has 0 aromatic rings. The molecule has 1 heterocycles. The van der Waals surface area contributed by atoms with Crippen molar-refractivity contribution in [3.8, 4) is 0 Å². The van der Waals surface area contributed by atoms with Crippen LogP contribution in [0.4, 0.5) is 0 Å². The van der Waals surface area contributed by atoms with E-state index in [1.807, 2.05) is 0 Å².